The van der Waals surface area contributed by atoms with Crippen molar-refractivity contribution in [2.24, 2.45) is 29.4 Å². The number of benzene rings is 1. The summed E-state index contributed by atoms with van der Waals surface area (Å²) in [6.07, 6.45) is 7.91. The van der Waals surface area contributed by atoms with Gasteiger partial charge in [0.2, 0.25) is 0 Å². The zero-order chi connectivity index (χ0) is 21.0. The number of hydrogen-bond acceptors (Lipinski definition) is 1. The molecular weight excluding hydrogens is 601 g/mol. The van der Waals surface area contributed by atoms with E-state index in [0.717, 1.165) is 31.5 Å². The highest BCUT2D eigenvalue weighted by Crippen LogP contribution is 2.52. The number of quaternary nitrogens is 1. The molecule has 0 saturated heterocycles. The molecule has 2 aliphatic carbocycles. The highest BCUT2D eigenvalue weighted by molar-refractivity contribution is 14.2. The van der Waals surface area contributed by atoms with Crippen LogP contribution < -0.4 is 11.1 Å². The van der Waals surface area contributed by atoms with Crippen LogP contribution in [0.3, 0.4) is 0 Å². The molecule has 1 saturated carbocycles. The van der Waals surface area contributed by atoms with Crippen LogP contribution in [0, 0.1) is 29.5 Å². The number of nitrogens with two attached hydrogens (primary N) is 2. The van der Waals surface area contributed by atoms with E-state index in [1.54, 1.807) is 9.65 Å². The van der Waals surface area contributed by atoms with Crippen LogP contribution in [0.2, 0.25) is 0 Å². The molecule has 2 aliphatic heterocycles. The van der Waals surface area contributed by atoms with Crippen molar-refractivity contribution >= 4 is 47.3 Å². The Kier molecular flexibility index (Phi) is 6.10. The monoisotopic (exact) mass is 631 g/mol. The molecule has 160 valence electrons. The van der Waals surface area contributed by atoms with Crippen LogP contribution in [0.25, 0.3) is 0 Å². The predicted molar refractivity (Wildman–Crippen MR) is 140 cm³/mol. The maximum atomic E-state index is 14.3. The van der Waals surface area contributed by atoms with Crippen molar-refractivity contribution in [2.45, 2.75) is 45.7 Å². The van der Waals surface area contributed by atoms with Crippen molar-refractivity contribution in [1.82, 2.24) is 0 Å². The zero-order valence-electron chi connectivity index (χ0n) is 17.6. The van der Waals surface area contributed by atoms with E-state index in [4.69, 9.17) is 5.73 Å². The average Bonchev–Trinajstić information content (AvgIpc) is 3.22. The number of hydrogen-bond donors (Lipinski definition) is 2. The molecule has 0 spiro atoms. The van der Waals surface area contributed by atoms with Crippen molar-refractivity contribution in [3.63, 3.8) is 0 Å². The third kappa shape index (κ3) is 3.61. The third-order valence-corrected chi connectivity index (χ3v) is 11.3. The van der Waals surface area contributed by atoms with Crippen molar-refractivity contribution in [1.29, 1.82) is 0 Å². The van der Waals surface area contributed by atoms with Gasteiger partial charge in [0.15, 0.2) is 0 Å². The molecular formula is C25H30FI2N2+. The summed E-state index contributed by atoms with van der Waals surface area (Å²) in [6.45, 7) is 6.55. The quantitative estimate of drug-likeness (QED) is 0.474. The van der Waals surface area contributed by atoms with E-state index < -0.39 is 0 Å². The van der Waals surface area contributed by atoms with E-state index in [9.17, 15) is 4.39 Å². The van der Waals surface area contributed by atoms with Crippen LogP contribution in [0.1, 0.15) is 37.0 Å². The molecule has 5 unspecified atom stereocenters. The Hall–Kier alpha value is -0.380. The molecule has 1 aromatic carbocycles. The van der Waals surface area contributed by atoms with E-state index in [0.29, 0.717) is 23.7 Å². The van der Waals surface area contributed by atoms with Gasteiger partial charge in [-0.1, -0.05) is 39.8 Å². The normalized spacial score (nSPS) is 33.0. The Labute approximate surface area is 202 Å². The lowest BCUT2D eigenvalue weighted by Gasteiger charge is -2.25. The Morgan fingerprint density at radius 2 is 2.13 bits per heavy atom. The molecule has 2 nitrogen and oxygen atoms in total. The minimum Gasteiger partial charge on any atom is -0.342 e. The molecule has 30 heavy (non-hydrogen) atoms. The zero-order valence-corrected chi connectivity index (χ0v) is 21.9. The van der Waals surface area contributed by atoms with E-state index in [1.807, 2.05) is 6.07 Å². The van der Waals surface area contributed by atoms with Crippen LogP contribution >= 0.6 is 43.3 Å². The first-order valence-electron chi connectivity index (χ1n) is 11.1. The maximum absolute atomic E-state index is 14.3. The summed E-state index contributed by atoms with van der Waals surface area (Å²) in [5, 5.41) is 2.32. The number of fused-ring (bicyclic) bond motifs is 1. The lowest BCUT2D eigenvalue weighted by atomic mass is 9.85. The van der Waals surface area contributed by atoms with Crippen molar-refractivity contribution in [2.75, 3.05) is 6.54 Å². The second-order valence-electron chi connectivity index (χ2n) is 9.34. The Balaban J connectivity index is 1.41. The van der Waals surface area contributed by atoms with Gasteiger partial charge < -0.3 is 11.1 Å². The lowest BCUT2D eigenvalue weighted by Crippen LogP contribution is -2.84. The van der Waals surface area contributed by atoms with Gasteiger partial charge in [-0.3, -0.25) is 0 Å². The first-order chi connectivity index (χ1) is 14.5. The molecule has 1 fully saturated rings. The molecule has 4 aliphatic rings. The highest BCUT2D eigenvalue weighted by Gasteiger charge is 2.44. The number of allylic oxidation sites excluding steroid dienone is 6. The van der Waals surface area contributed by atoms with Crippen molar-refractivity contribution < 1.29 is 9.71 Å². The fourth-order valence-electron chi connectivity index (χ4n) is 6.04. The first kappa shape index (κ1) is 21.5. The summed E-state index contributed by atoms with van der Waals surface area (Å²) in [4.78, 5) is 0. The molecule has 0 radical (unpaired) electrons. The van der Waals surface area contributed by atoms with E-state index in [1.165, 1.54) is 32.3 Å². The molecule has 0 aromatic heterocycles. The molecule has 1 aromatic rings. The SMILES string of the molecule is CC1=CC(C2CC(Cc3ccc(F)c4c3C[NH2+]CC4)C(C)C2N)C2=C1C(I)=CC=I2. The van der Waals surface area contributed by atoms with Gasteiger partial charge in [0.25, 0.3) is 0 Å². The minimum absolute atomic E-state index is 0.0120. The molecule has 0 amide bonds. The Bertz CT molecular complexity index is 1010. The summed E-state index contributed by atoms with van der Waals surface area (Å²) in [5.41, 5.74) is 13.5. The lowest BCUT2D eigenvalue weighted by molar-refractivity contribution is -0.673. The van der Waals surface area contributed by atoms with Gasteiger partial charge in [0.05, 0.1) is 6.54 Å². The van der Waals surface area contributed by atoms with Gasteiger partial charge in [-0.2, -0.15) is 0 Å². The van der Waals surface area contributed by atoms with Crippen LogP contribution in [0.15, 0.2) is 42.6 Å². The minimum atomic E-state index is -0.0302. The first-order valence-corrected chi connectivity index (χ1v) is 14.5. The summed E-state index contributed by atoms with van der Waals surface area (Å²) < 4.78 is 19.9. The summed E-state index contributed by atoms with van der Waals surface area (Å²) >= 11 is 2.47. The summed E-state index contributed by atoms with van der Waals surface area (Å²) in [5.74, 6) is 2.13. The highest BCUT2D eigenvalue weighted by atomic mass is 127. The predicted octanol–water partition coefficient (Wildman–Crippen LogP) is 4.52. The fraction of sp³-hybridized carbons (Fsp3) is 0.480. The number of halogens is 3. The van der Waals surface area contributed by atoms with Crippen LogP contribution in [0.5, 0.6) is 0 Å². The third-order valence-electron chi connectivity index (χ3n) is 7.77. The number of rotatable bonds is 3. The van der Waals surface area contributed by atoms with E-state index >= 15 is 0 Å². The molecule has 5 atom stereocenters. The van der Waals surface area contributed by atoms with E-state index in [2.05, 4.69) is 57.9 Å². The summed E-state index contributed by atoms with van der Waals surface area (Å²) in [6, 6.07) is 3.99. The van der Waals surface area contributed by atoms with Gasteiger partial charge in [-0.05, 0) is 93.0 Å². The van der Waals surface area contributed by atoms with Gasteiger partial charge in [0.1, 0.15) is 12.4 Å². The second-order valence-corrected chi connectivity index (χ2v) is 13.0. The maximum Gasteiger partial charge on any atom is 0.127 e. The van der Waals surface area contributed by atoms with Gasteiger partial charge >= 0.3 is 0 Å². The molecule has 4 N–H and O–H groups in total. The standard InChI is InChI=1S/C25H29FI2N2/c1-13-9-18(24-23(13)22(27)5-7-28-24)19-11-16(14(2)25(19)29)10-15-3-4-21(26)17-6-8-30-12-20(15)17/h3-5,7,9,14,16,18-19,25,30H,6,8,10-12,29H2,1-2H3/p+1. The Morgan fingerprint density at radius 1 is 1.30 bits per heavy atom. The van der Waals surface area contributed by atoms with Crippen LogP contribution in [-0.4, -0.2) is 16.6 Å². The Morgan fingerprint density at radius 3 is 2.97 bits per heavy atom. The smallest absolute Gasteiger partial charge is 0.127 e. The topological polar surface area (TPSA) is 42.6 Å². The molecule has 5 heteroatoms. The van der Waals surface area contributed by atoms with Gasteiger partial charge in [-0.15, -0.1) is 0 Å². The van der Waals surface area contributed by atoms with Gasteiger partial charge in [-0.25, -0.2) is 4.39 Å². The molecule has 5 rings (SSSR count). The van der Waals surface area contributed by atoms with Crippen LogP contribution in [0.4, 0.5) is 4.39 Å². The van der Waals surface area contributed by atoms with Crippen molar-refractivity contribution in [3.05, 3.63) is 65.1 Å². The van der Waals surface area contributed by atoms with Crippen LogP contribution in [-0.2, 0) is 19.4 Å². The van der Waals surface area contributed by atoms with Gasteiger partial charge in [0, 0.05) is 36.7 Å². The fourth-order valence-corrected chi connectivity index (χ4v) is 11.2. The van der Waals surface area contributed by atoms with Crippen molar-refractivity contribution in [3.8, 4) is 0 Å². The van der Waals surface area contributed by atoms with E-state index in [-0.39, 0.29) is 32.6 Å². The molecule has 2 heterocycles. The molecule has 0 bridgehead atoms. The average molecular weight is 631 g/mol. The summed E-state index contributed by atoms with van der Waals surface area (Å²) in [7, 11) is 0. The second kappa shape index (κ2) is 8.52. The largest absolute Gasteiger partial charge is 0.342 e.